The second-order valence-corrected chi connectivity index (χ2v) is 7.83. The monoisotopic (exact) mass is 303 g/mol. The molecular formula is C20H33NO. The number of nitrogens with zero attached hydrogens (tertiary/aromatic N) is 1. The number of hydrogen-bond donors (Lipinski definition) is 0. The molecule has 1 aromatic heterocycles. The molecule has 124 valence electrons. The van der Waals surface area contributed by atoms with Gasteiger partial charge in [0.05, 0.1) is 12.2 Å². The summed E-state index contributed by atoms with van der Waals surface area (Å²) in [7, 11) is 0. The van der Waals surface area contributed by atoms with Crippen molar-refractivity contribution >= 4 is 0 Å². The molecule has 0 spiro atoms. The van der Waals surface area contributed by atoms with Crippen LogP contribution in [0.25, 0.3) is 0 Å². The van der Waals surface area contributed by atoms with Crippen LogP contribution < -0.4 is 0 Å². The van der Waals surface area contributed by atoms with Gasteiger partial charge < -0.3 is 4.74 Å². The maximum atomic E-state index is 6.24. The highest BCUT2D eigenvalue weighted by Crippen LogP contribution is 2.42. The van der Waals surface area contributed by atoms with Crippen molar-refractivity contribution in [3.63, 3.8) is 0 Å². The molecule has 1 unspecified atom stereocenters. The van der Waals surface area contributed by atoms with Crippen LogP contribution >= 0.6 is 0 Å². The predicted octanol–water partition coefficient (Wildman–Crippen LogP) is 5.55. The van der Waals surface area contributed by atoms with E-state index in [2.05, 4.69) is 61.5 Å². The van der Waals surface area contributed by atoms with Crippen molar-refractivity contribution < 1.29 is 4.74 Å². The summed E-state index contributed by atoms with van der Waals surface area (Å²) in [6.07, 6.45) is 1.61. The molecule has 0 bridgehead atoms. The zero-order valence-corrected chi connectivity index (χ0v) is 15.6. The summed E-state index contributed by atoms with van der Waals surface area (Å²) in [6.45, 7) is 18.1. The Morgan fingerprint density at radius 2 is 1.77 bits per heavy atom. The molecule has 2 rings (SSSR count). The average molecular weight is 303 g/mol. The molecule has 22 heavy (non-hydrogen) atoms. The first-order valence-electron chi connectivity index (χ1n) is 8.89. The lowest BCUT2D eigenvalue weighted by atomic mass is 9.75. The van der Waals surface area contributed by atoms with Gasteiger partial charge in [0, 0.05) is 17.3 Å². The molecule has 0 aromatic carbocycles. The number of ether oxygens (including phenoxy) is 1. The summed E-state index contributed by atoms with van der Waals surface area (Å²) in [6, 6.07) is 2.31. The predicted molar refractivity (Wildman–Crippen MR) is 93.7 cm³/mol. The van der Waals surface area contributed by atoms with Crippen LogP contribution in [0.15, 0.2) is 6.07 Å². The first-order valence-corrected chi connectivity index (χ1v) is 8.89. The maximum Gasteiger partial charge on any atom is 0.0631 e. The Morgan fingerprint density at radius 3 is 2.32 bits per heavy atom. The largest absolute Gasteiger partial charge is 0.375 e. The second kappa shape index (κ2) is 6.70. The summed E-state index contributed by atoms with van der Waals surface area (Å²) in [5, 5.41) is 0. The average Bonchev–Trinajstić information content (AvgIpc) is 2.42. The van der Waals surface area contributed by atoms with Gasteiger partial charge >= 0.3 is 0 Å². The highest BCUT2D eigenvalue weighted by atomic mass is 16.5. The Bertz CT molecular complexity index is 521. The third-order valence-electron chi connectivity index (χ3n) is 5.21. The Balaban J connectivity index is 2.70. The summed E-state index contributed by atoms with van der Waals surface area (Å²) >= 11 is 0. The van der Waals surface area contributed by atoms with E-state index >= 15 is 0 Å². The minimum atomic E-state index is 0.219. The molecule has 2 nitrogen and oxygen atoms in total. The molecule has 1 aliphatic rings. The van der Waals surface area contributed by atoms with E-state index in [1.807, 2.05) is 0 Å². The van der Waals surface area contributed by atoms with E-state index in [1.54, 1.807) is 0 Å². The number of hydrogen-bond acceptors (Lipinski definition) is 2. The van der Waals surface area contributed by atoms with Gasteiger partial charge in [-0.15, -0.1) is 0 Å². The van der Waals surface area contributed by atoms with Crippen LogP contribution in [-0.4, -0.2) is 17.2 Å². The fraction of sp³-hybridized carbons (Fsp3) is 0.750. The Labute approximate surface area is 136 Å². The van der Waals surface area contributed by atoms with E-state index in [9.17, 15) is 0 Å². The third kappa shape index (κ3) is 3.37. The van der Waals surface area contributed by atoms with Crippen LogP contribution in [-0.2, 0) is 4.74 Å². The molecule has 0 saturated heterocycles. The lowest BCUT2D eigenvalue weighted by Crippen LogP contribution is -2.31. The van der Waals surface area contributed by atoms with Crippen molar-refractivity contribution in [3.8, 4) is 0 Å². The van der Waals surface area contributed by atoms with Crippen LogP contribution in [0.5, 0.6) is 0 Å². The van der Waals surface area contributed by atoms with Gasteiger partial charge in [0.2, 0.25) is 0 Å². The normalized spacial score (nSPS) is 29.4. The molecule has 2 heterocycles. The Hall–Kier alpha value is -0.890. The van der Waals surface area contributed by atoms with E-state index in [0.29, 0.717) is 29.8 Å². The van der Waals surface area contributed by atoms with Crippen LogP contribution in [0, 0.1) is 12.8 Å². The number of aromatic nitrogens is 1. The lowest BCUT2D eigenvalue weighted by molar-refractivity contribution is -0.0180. The van der Waals surface area contributed by atoms with E-state index < -0.39 is 0 Å². The minimum absolute atomic E-state index is 0.219. The van der Waals surface area contributed by atoms with Gasteiger partial charge in [-0.1, -0.05) is 34.6 Å². The molecule has 1 aliphatic heterocycles. The first-order chi connectivity index (χ1) is 10.2. The van der Waals surface area contributed by atoms with Crippen molar-refractivity contribution in [2.45, 2.75) is 91.8 Å². The lowest BCUT2D eigenvalue weighted by Gasteiger charge is -2.36. The van der Waals surface area contributed by atoms with Crippen molar-refractivity contribution in [2.24, 2.45) is 5.92 Å². The molecule has 0 N–H and O–H groups in total. The SMILES string of the molecule is Cc1cc(C(C)C)c2c(n1)[C@H](C)[C@H](C)O[C@H](C)CC2C(C)C. The standard InChI is InChI=1S/C20H33NO/c1-11(2)17-9-13(5)21-20-15(7)16(8)22-14(6)10-18(12(3)4)19(17)20/h9,11-12,14-16,18H,10H2,1-8H3/t14-,15-,16+,18?/m1/s1. The molecule has 0 fully saturated rings. The molecule has 1 aromatic rings. The number of aryl methyl sites for hydroxylation is 1. The first kappa shape index (κ1) is 17.5. The van der Waals surface area contributed by atoms with E-state index in [1.165, 1.54) is 16.8 Å². The molecule has 2 heteroatoms. The number of rotatable bonds is 2. The van der Waals surface area contributed by atoms with Crippen LogP contribution in [0.1, 0.15) is 95.2 Å². The maximum absolute atomic E-state index is 6.24. The molecule has 0 radical (unpaired) electrons. The zero-order valence-electron chi connectivity index (χ0n) is 15.6. The second-order valence-electron chi connectivity index (χ2n) is 7.83. The van der Waals surface area contributed by atoms with Crippen molar-refractivity contribution in [3.05, 3.63) is 28.6 Å². The van der Waals surface area contributed by atoms with Gasteiger partial charge in [-0.25, -0.2) is 0 Å². The highest BCUT2D eigenvalue weighted by Gasteiger charge is 2.33. The number of pyridine rings is 1. The zero-order chi connectivity index (χ0) is 16.6. The Morgan fingerprint density at radius 1 is 1.14 bits per heavy atom. The summed E-state index contributed by atoms with van der Waals surface area (Å²) in [5.41, 5.74) is 5.43. The fourth-order valence-electron chi connectivity index (χ4n) is 3.81. The van der Waals surface area contributed by atoms with Gasteiger partial charge in [-0.2, -0.15) is 0 Å². The fourth-order valence-corrected chi connectivity index (χ4v) is 3.81. The molecule has 0 saturated carbocycles. The van der Waals surface area contributed by atoms with Crippen molar-refractivity contribution in [1.82, 2.24) is 4.98 Å². The third-order valence-corrected chi connectivity index (χ3v) is 5.21. The van der Waals surface area contributed by atoms with E-state index in [0.717, 1.165) is 12.1 Å². The van der Waals surface area contributed by atoms with Gasteiger partial charge in [0.15, 0.2) is 0 Å². The van der Waals surface area contributed by atoms with Gasteiger partial charge in [0.25, 0.3) is 0 Å². The molecule has 0 aliphatic carbocycles. The van der Waals surface area contributed by atoms with Crippen molar-refractivity contribution in [1.29, 1.82) is 0 Å². The molecule has 0 amide bonds. The minimum Gasteiger partial charge on any atom is -0.375 e. The Kier molecular flexibility index (Phi) is 5.32. The smallest absolute Gasteiger partial charge is 0.0631 e. The highest BCUT2D eigenvalue weighted by molar-refractivity contribution is 5.40. The summed E-state index contributed by atoms with van der Waals surface area (Å²) in [5.74, 6) is 2.02. The molecule has 4 atom stereocenters. The van der Waals surface area contributed by atoms with E-state index in [-0.39, 0.29) is 6.10 Å². The quantitative estimate of drug-likeness (QED) is 0.714. The van der Waals surface area contributed by atoms with Gasteiger partial charge in [-0.05, 0) is 62.1 Å². The summed E-state index contributed by atoms with van der Waals surface area (Å²) in [4.78, 5) is 4.97. The van der Waals surface area contributed by atoms with Crippen molar-refractivity contribution in [2.75, 3.05) is 0 Å². The van der Waals surface area contributed by atoms with Gasteiger partial charge in [-0.3, -0.25) is 4.98 Å². The van der Waals surface area contributed by atoms with Crippen LogP contribution in [0.2, 0.25) is 0 Å². The van der Waals surface area contributed by atoms with Crippen LogP contribution in [0.4, 0.5) is 0 Å². The topological polar surface area (TPSA) is 22.1 Å². The molecular weight excluding hydrogens is 270 g/mol. The number of fused-ring (bicyclic) bond motifs is 1. The summed E-state index contributed by atoms with van der Waals surface area (Å²) < 4.78 is 6.24. The van der Waals surface area contributed by atoms with Gasteiger partial charge in [0.1, 0.15) is 0 Å². The van der Waals surface area contributed by atoms with Crippen LogP contribution in [0.3, 0.4) is 0 Å². The van der Waals surface area contributed by atoms with E-state index in [4.69, 9.17) is 9.72 Å².